The van der Waals surface area contributed by atoms with Gasteiger partial charge >= 0.3 is 0 Å². The van der Waals surface area contributed by atoms with Crippen LogP contribution in [0.1, 0.15) is 19.4 Å². The highest BCUT2D eigenvalue weighted by molar-refractivity contribution is 9.10. The topological polar surface area (TPSA) is 30.5 Å². The molecule has 0 saturated carbocycles. The largest absolute Gasteiger partial charge is 0.493 e. The van der Waals surface area contributed by atoms with Crippen LogP contribution >= 0.6 is 28.3 Å². The molecule has 1 aromatic carbocycles. The number of halogens is 2. The van der Waals surface area contributed by atoms with Gasteiger partial charge in [-0.05, 0) is 46.1 Å². The lowest BCUT2D eigenvalue weighted by atomic mass is 10.2. The van der Waals surface area contributed by atoms with E-state index in [0.29, 0.717) is 12.5 Å². The highest BCUT2D eigenvalue weighted by Crippen LogP contribution is 2.36. The smallest absolute Gasteiger partial charge is 0.175 e. The van der Waals surface area contributed by atoms with Gasteiger partial charge in [0.1, 0.15) is 6.61 Å². The Morgan fingerprint density at radius 1 is 1.40 bits per heavy atom. The lowest BCUT2D eigenvalue weighted by Crippen LogP contribution is -2.19. The zero-order valence-electron chi connectivity index (χ0n) is 12.2. The fourth-order valence-electron chi connectivity index (χ4n) is 1.66. The number of hydrogen-bond acceptors (Lipinski definition) is 3. The summed E-state index contributed by atoms with van der Waals surface area (Å²) in [5.74, 6) is 2.09. The fourth-order valence-corrected chi connectivity index (χ4v) is 2.27. The van der Waals surface area contributed by atoms with E-state index in [9.17, 15) is 0 Å². The molecule has 0 bridgehead atoms. The van der Waals surface area contributed by atoms with Gasteiger partial charge in [-0.1, -0.05) is 26.5 Å². The van der Waals surface area contributed by atoms with E-state index in [1.165, 1.54) is 0 Å². The Bertz CT molecular complexity index is 425. The summed E-state index contributed by atoms with van der Waals surface area (Å²) in [6.45, 7) is 10.3. The standard InChI is InChI=1S/C15H22BrNO2.ClH/c1-5-6-19-15-13(16)7-12(8-14(15)18-4)10-17-9-11(2)3;/h5,7-8,11,17H,1,6,9-10H2,2-4H3;1H. The first-order valence-electron chi connectivity index (χ1n) is 6.39. The van der Waals surface area contributed by atoms with Crippen molar-refractivity contribution in [1.82, 2.24) is 5.32 Å². The Kier molecular flexibility index (Phi) is 9.72. The summed E-state index contributed by atoms with van der Waals surface area (Å²) in [5, 5.41) is 3.41. The molecule has 0 atom stereocenters. The third kappa shape index (κ3) is 6.16. The number of hydrogen-bond donors (Lipinski definition) is 1. The molecule has 0 unspecified atom stereocenters. The molecule has 0 fully saturated rings. The van der Waals surface area contributed by atoms with Gasteiger partial charge in [-0.15, -0.1) is 12.4 Å². The van der Waals surface area contributed by atoms with Crippen molar-refractivity contribution < 1.29 is 9.47 Å². The Morgan fingerprint density at radius 3 is 2.65 bits per heavy atom. The van der Waals surface area contributed by atoms with E-state index in [1.54, 1.807) is 13.2 Å². The molecular weight excluding hydrogens is 342 g/mol. The molecule has 3 nitrogen and oxygen atoms in total. The first kappa shape index (κ1) is 19.3. The summed E-state index contributed by atoms with van der Waals surface area (Å²) in [6.07, 6.45) is 1.71. The molecule has 0 aliphatic heterocycles. The van der Waals surface area contributed by atoms with Crippen molar-refractivity contribution in [3.05, 3.63) is 34.8 Å². The van der Waals surface area contributed by atoms with Crippen molar-refractivity contribution in [3.63, 3.8) is 0 Å². The molecule has 0 spiro atoms. The summed E-state index contributed by atoms with van der Waals surface area (Å²) in [4.78, 5) is 0. The Balaban J connectivity index is 0.00000361. The first-order chi connectivity index (χ1) is 9.08. The molecule has 1 rings (SSSR count). The van der Waals surface area contributed by atoms with Crippen LogP contribution in [0.3, 0.4) is 0 Å². The molecule has 5 heteroatoms. The van der Waals surface area contributed by atoms with E-state index in [2.05, 4.69) is 41.7 Å². The van der Waals surface area contributed by atoms with E-state index < -0.39 is 0 Å². The van der Waals surface area contributed by atoms with E-state index in [1.807, 2.05) is 12.1 Å². The maximum atomic E-state index is 5.60. The van der Waals surface area contributed by atoms with E-state index in [0.717, 1.165) is 34.6 Å². The molecule has 0 saturated heterocycles. The van der Waals surface area contributed by atoms with E-state index >= 15 is 0 Å². The van der Waals surface area contributed by atoms with E-state index in [-0.39, 0.29) is 12.4 Å². The van der Waals surface area contributed by atoms with Gasteiger partial charge in [0.25, 0.3) is 0 Å². The van der Waals surface area contributed by atoms with Crippen molar-refractivity contribution in [3.8, 4) is 11.5 Å². The van der Waals surface area contributed by atoms with Crippen LogP contribution in [0.4, 0.5) is 0 Å². The van der Waals surface area contributed by atoms with Crippen LogP contribution < -0.4 is 14.8 Å². The van der Waals surface area contributed by atoms with Gasteiger partial charge in [0.05, 0.1) is 11.6 Å². The van der Waals surface area contributed by atoms with Gasteiger partial charge < -0.3 is 14.8 Å². The number of ether oxygens (including phenoxy) is 2. The molecule has 0 aliphatic carbocycles. The molecule has 0 aliphatic rings. The third-order valence-corrected chi connectivity index (χ3v) is 3.11. The maximum Gasteiger partial charge on any atom is 0.175 e. The van der Waals surface area contributed by atoms with Crippen LogP contribution in [-0.2, 0) is 6.54 Å². The molecule has 114 valence electrons. The number of methoxy groups -OCH3 is 1. The Morgan fingerprint density at radius 2 is 2.10 bits per heavy atom. The average Bonchev–Trinajstić information content (AvgIpc) is 2.36. The normalized spacial score (nSPS) is 10.1. The second-order valence-electron chi connectivity index (χ2n) is 4.73. The van der Waals surface area contributed by atoms with Gasteiger partial charge in [-0.3, -0.25) is 0 Å². The van der Waals surface area contributed by atoms with Crippen molar-refractivity contribution in [1.29, 1.82) is 0 Å². The second kappa shape index (κ2) is 10.1. The molecule has 20 heavy (non-hydrogen) atoms. The van der Waals surface area contributed by atoms with Gasteiger partial charge in [-0.2, -0.15) is 0 Å². The molecule has 0 radical (unpaired) electrons. The summed E-state index contributed by atoms with van der Waals surface area (Å²) >= 11 is 3.52. The summed E-state index contributed by atoms with van der Waals surface area (Å²) in [5.41, 5.74) is 1.16. The lowest BCUT2D eigenvalue weighted by Gasteiger charge is -2.14. The van der Waals surface area contributed by atoms with Crippen molar-refractivity contribution >= 4 is 28.3 Å². The number of benzene rings is 1. The molecule has 1 aromatic rings. The Labute approximate surface area is 136 Å². The molecule has 0 aromatic heterocycles. The summed E-state index contributed by atoms with van der Waals surface area (Å²) in [6, 6.07) is 4.05. The summed E-state index contributed by atoms with van der Waals surface area (Å²) in [7, 11) is 1.65. The van der Waals surface area contributed by atoms with Crippen LogP contribution in [0.5, 0.6) is 11.5 Å². The monoisotopic (exact) mass is 363 g/mol. The third-order valence-electron chi connectivity index (χ3n) is 2.52. The molecular formula is C15H23BrClNO2. The zero-order valence-corrected chi connectivity index (χ0v) is 14.6. The Hall–Kier alpha value is -0.710. The molecule has 0 amide bonds. The number of rotatable bonds is 8. The highest BCUT2D eigenvalue weighted by atomic mass is 79.9. The molecule has 1 N–H and O–H groups in total. The van der Waals surface area contributed by atoms with Crippen molar-refractivity contribution in [2.75, 3.05) is 20.3 Å². The van der Waals surface area contributed by atoms with Gasteiger partial charge in [-0.25, -0.2) is 0 Å². The van der Waals surface area contributed by atoms with Gasteiger partial charge in [0.15, 0.2) is 11.5 Å². The minimum Gasteiger partial charge on any atom is -0.493 e. The minimum atomic E-state index is 0. The predicted octanol–water partition coefficient (Wildman–Crippen LogP) is 4.19. The number of nitrogens with one attached hydrogen (secondary N) is 1. The lowest BCUT2D eigenvalue weighted by molar-refractivity contribution is 0.324. The maximum absolute atomic E-state index is 5.60. The van der Waals surface area contributed by atoms with Crippen LogP contribution in [0.25, 0.3) is 0 Å². The predicted molar refractivity (Wildman–Crippen MR) is 90.2 cm³/mol. The second-order valence-corrected chi connectivity index (χ2v) is 5.59. The SMILES string of the molecule is C=CCOc1c(Br)cc(CNCC(C)C)cc1OC.Cl. The van der Waals surface area contributed by atoms with Crippen molar-refractivity contribution in [2.24, 2.45) is 5.92 Å². The van der Waals surface area contributed by atoms with Crippen LogP contribution in [0.15, 0.2) is 29.3 Å². The fraction of sp³-hybridized carbons (Fsp3) is 0.467. The van der Waals surface area contributed by atoms with Crippen LogP contribution in [0, 0.1) is 5.92 Å². The average molecular weight is 365 g/mol. The highest BCUT2D eigenvalue weighted by Gasteiger charge is 2.11. The first-order valence-corrected chi connectivity index (χ1v) is 7.18. The van der Waals surface area contributed by atoms with Crippen LogP contribution in [-0.4, -0.2) is 20.3 Å². The van der Waals surface area contributed by atoms with Gasteiger partial charge in [0, 0.05) is 6.54 Å². The van der Waals surface area contributed by atoms with Crippen LogP contribution in [0.2, 0.25) is 0 Å². The van der Waals surface area contributed by atoms with Crippen molar-refractivity contribution in [2.45, 2.75) is 20.4 Å². The van der Waals surface area contributed by atoms with Gasteiger partial charge in [0.2, 0.25) is 0 Å². The zero-order chi connectivity index (χ0) is 14.3. The quantitative estimate of drug-likeness (QED) is 0.702. The minimum absolute atomic E-state index is 0. The molecule has 0 heterocycles. The van der Waals surface area contributed by atoms with E-state index in [4.69, 9.17) is 9.47 Å². The summed E-state index contributed by atoms with van der Waals surface area (Å²) < 4.78 is 11.9.